The summed E-state index contributed by atoms with van der Waals surface area (Å²) in [6, 6.07) is 0. The minimum atomic E-state index is -1.03. The van der Waals surface area contributed by atoms with Crippen molar-refractivity contribution in [2.75, 3.05) is 0 Å². The zero-order chi connectivity index (χ0) is 10.6. The van der Waals surface area contributed by atoms with E-state index in [2.05, 4.69) is 10.9 Å². The van der Waals surface area contributed by atoms with E-state index in [1.165, 1.54) is 0 Å². The number of carboxylic acid groups (broad SMARTS) is 1. The molecule has 14 heavy (non-hydrogen) atoms. The Morgan fingerprint density at radius 2 is 1.79 bits per heavy atom. The molecule has 0 bridgehead atoms. The van der Waals surface area contributed by atoms with Crippen molar-refractivity contribution < 1.29 is 19.5 Å². The molecule has 2 amide bonds. The summed E-state index contributed by atoms with van der Waals surface area (Å²) in [5.41, 5.74) is 4.39. The second kappa shape index (κ2) is 4.59. The molecule has 1 fully saturated rings. The van der Waals surface area contributed by atoms with Crippen LogP contribution >= 0.6 is 0 Å². The zero-order valence-corrected chi connectivity index (χ0v) is 7.58. The maximum Gasteiger partial charge on any atom is 0.303 e. The van der Waals surface area contributed by atoms with Gasteiger partial charge >= 0.3 is 5.97 Å². The van der Waals surface area contributed by atoms with Crippen molar-refractivity contribution in [2.24, 2.45) is 5.92 Å². The average molecular weight is 200 g/mol. The number of hydrogen-bond acceptors (Lipinski definition) is 3. The third kappa shape index (κ3) is 3.88. The van der Waals surface area contributed by atoms with Gasteiger partial charge in [-0.05, 0) is 12.8 Å². The number of hydrazine groups is 1. The lowest BCUT2D eigenvalue weighted by molar-refractivity contribution is -0.139. The average Bonchev–Trinajstić information content (AvgIpc) is 2.93. The van der Waals surface area contributed by atoms with Gasteiger partial charge in [0, 0.05) is 12.3 Å². The standard InChI is InChI=1S/C8H12N2O4/c11-6(3-4-7(12)13)9-10-8(14)5-1-2-5/h5H,1-4H2,(H,9,11)(H,10,14)(H,12,13). The van der Waals surface area contributed by atoms with Gasteiger partial charge < -0.3 is 5.11 Å². The Kier molecular flexibility index (Phi) is 3.44. The highest BCUT2D eigenvalue weighted by atomic mass is 16.4. The zero-order valence-electron chi connectivity index (χ0n) is 7.58. The van der Waals surface area contributed by atoms with E-state index in [1.807, 2.05) is 0 Å². The number of rotatable bonds is 4. The van der Waals surface area contributed by atoms with Gasteiger partial charge in [-0.25, -0.2) is 0 Å². The molecule has 1 aliphatic rings. The highest BCUT2D eigenvalue weighted by Gasteiger charge is 2.29. The van der Waals surface area contributed by atoms with Gasteiger partial charge in [0.2, 0.25) is 11.8 Å². The number of carbonyl (C=O) groups is 3. The molecule has 0 heterocycles. The Hall–Kier alpha value is -1.59. The van der Waals surface area contributed by atoms with Crippen LogP contribution in [0, 0.1) is 5.92 Å². The van der Waals surface area contributed by atoms with Crippen LogP contribution in [0.15, 0.2) is 0 Å². The molecular formula is C8H12N2O4. The number of amides is 2. The largest absolute Gasteiger partial charge is 0.481 e. The number of carboxylic acids is 1. The van der Waals surface area contributed by atoms with Crippen LogP contribution in [0.2, 0.25) is 0 Å². The molecule has 6 nitrogen and oxygen atoms in total. The minimum Gasteiger partial charge on any atom is -0.481 e. The molecule has 1 saturated carbocycles. The first-order valence-corrected chi connectivity index (χ1v) is 4.40. The van der Waals surface area contributed by atoms with E-state index in [0.717, 1.165) is 12.8 Å². The maximum absolute atomic E-state index is 11.0. The van der Waals surface area contributed by atoms with Crippen LogP contribution < -0.4 is 10.9 Å². The number of hydrogen-bond donors (Lipinski definition) is 3. The van der Waals surface area contributed by atoms with Crippen molar-refractivity contribution in [2.45, 2.75) is 25.7 Å². The summed E-state index contributed by atoms with van der Waals surface area (Å²) in [5, 5.41) is 8.27. The third-order valence-corrected chi connectivity index (χ3v) is 1.84. The van der Waals surface area contributed by atoms with Crippen molar-refractivity contribution >= 4 is 17.8 Å². The Morgan fingerprint density at radius 3 is 2.29 bits per heavy atom. The lowest BCUT2D eigenvalue weighted by atomic mass is 10.3. The van der Waals surface area contributed by atoms with E-state index in [4.69, 9.17) is 5.11 Å². The molecule has 0 aromatic rings. The summed E-state index contributed by atoms with van der Waals surface area (Å²) in [7, 11) is 0. The smallest absolute Gasteiger partial charge is 0.303 e. The van der Waals surface area contributed by atoms with E-state index in [-0.39, 0.29) is 24.7 Å². The molecule has 0 atom stereocenters. The van der Waals surface area contributed by atoms with Crippen LogP contribution in [0.25, 0.3) is 0 Å². The molecule has 6 heteroatoms. The van der Waals surface area contributed by atoms with Crippen LogP contribution in [0.3, 0.4) is 0 Å². The SMILES string of the molecule is O=C(O)CCC(=O)NNC(=O)C1CC1. The molecule has 0 aliphatic heterocycles. The summed E-state index contributed by atoms with van der Waals surface area (Å²) < 4.78 is 0. The molecule has 0 aromatic carbocycles. The fourth-order valence-electron chi connectivity index (χ4n) is 0.862. The van der Waals surface area contributed by atoms with E-state index in [9.17, 15) is 14.4 Å². The molecule has 1 rings (SSSR count). The third-order valence-electron chi connectivity index (χ3n) is 1.84. The fourth-order valence-corrected chi connectivity index (χ4v) is 0.862. The molecular weight excluding hydrogens is 188 g/mol. The second-order valence-electron chi connectivity index (χ2n) is 3.21. The van der Waals surface area contributed by atoms with Gasteiger partial charge in [-0.3, -0.25) is 25.2 Å². The lowest BCUT2D eigenvalue weighted by Gasteiger charge is -2.04. The molecule has 0 radical (unpaired) electrons. The molecule has 0 aromatic heterocycles. The first-order chi connectivity index (χ1) is 6.59. The van der Waals surface area contributed by atoms with Gasteiger partial charge in [0.1, 0.15) is 0 Å². The summed E-state index contributed by atoms with van der Waals surface area (Å²) in [6.45, 7) is 0. The molecule has 1 aliphatic carbocycles. The highest BCUT2D eigenvalue weighted by Crippen LogP contribution is 2.28. The Morgan fingerprint density at radius 1 is 1.14 bits per heavy atom. The first kappa shape index (κ1) is 10.5. The summed E-state index contributed by atoms with van der Waals surface area (Å²) >= 11 is 0. The lowest BCUT2D eigenvalue weighted by Crippen LogP contribution is -2.42. The summed E-state index contributed by atoms with van der Waals surface area (Å²) in [6.07, 6.45) is 1.36. The maximum atomic E-state index is 11.0. The van der Waals surface area contributed by atoms with Gasteiger partial charge in [-0.15, -0.1) is 0 Å². The van der Waals surface area contributed by atoms with E-state index in [0.29, 0.717) is 0 Å². The van der Waals surface area contributed by atoms with Crippen molar-refractivity contribution in [3.8, 4) is 0 Å². The quantitative estimate of drug-likeness (QED) is 0.528. The van der Waals surface area contributed by atoms with Gasteiger partial charge in [0.05, 0.1) is 6.42 Å². The first-order valence-electron chi connectivity index (χ1n) is 4.40. The molecule has 0 spiro atoms. The van der Waals surface area contributed by atoms with Crippen molar-refractivity contribution in [1.29, 1.82) is 0 Å². The van der Waals surface area contributed by atoms with E-state index >= 15 is 0 Å². The summed E-state index contributed by atoms with van der Waals surface area (Å²) in [5.74, 6) is -1.70. The van der Waals surface area contributed by atoms with Gasteiger partial charge in [0.15, 0.2) is 0 Å². The molecule has 0 saturated heterocycles. The Balaban J connectivity index is 2.07. The van der Waals surface area contributed by atoms with E-state index in [1.54, 1.807) is 0 Å². The molecule has 78 valence electrons. The normalized spacial score (nSPS) is 14.6. The van der Waals surface area contributed by atoms with Crippen molar-refractivity contribution in [3.63, 3.8) is 0 Å². The summed E-state index contributed by atoms with van der Waals surface area (Å²) in [4.78, 5) is 32.0. The number of nitrogens with one attached hydrogen (secondary N) is 2. The number of carbonyl (C=O) groups excluding carboxylic acids is 2. The molecule has 3 N–H and O–H groups in total. The minimum absolute atomic E-state index is 0.0229. The fraction of sp³-hybridized carbons (Fsp3) is 0.625. The van der Waals surface area contributed by atoms with Crippen LogP contribution in [0.1, 0.15) is 25.7 Å². The van der Waals surface area contributed by atoms with Gasteiger partial charge in [0.25, 0.3) is 0 Å². The van der Waals surface area contributed by atoms with Crippen LogP contribution in [-0.2, 0) is 14.4 Å². The van der Waals surface area contributed by atoms with E-state index < -0.39 is 11.9 Å². The number of aliphatic carboxylic acids is 1. The second-order valence-corrected chi connectivity index (χ2v) is 3.21. The van der Waals surface area contributed by atoms with Crippen LogP contribution in [-0.4, -0.2) is 22.9 Å². The molecule has 0 unspecified atom stereocenters. The topological polar surface area (TPSA) is 95.5 Å². The van der Waals surface area contributed by atoms with Crippen LogP contribution in [0.4, 0.5) is 0 Å². The van der Waals surface area contributed by atoms with Crippen LogP contribution in [0.5, 0.6) is 0 Å². The Bertz CT molecular complexity index is 260. The van der Waals surface area contributed by atoms with Gasteiger partial charge in [-0.1, -0.05) is 0 Å². The predicted octanol–water partition coefficient (Wildman–Crippen LogP) is -0.591. The highest BCUT2D eigenvalue weighted by molar-refractivity contribution is 5.85. The predicted molar refractivity (Wildman–Crippen MR) is 45.9 cm³/mol. The van der Waals surface area contributed by atoms with Crippen molar-refractivity contribution in [1.82, 2.24) is 10.9 Å². The Labute approximate surface area is 80.6 Å². The monoisotopic (exact) mass is 200 g/mol. The van der Waals surface area contributed by atoms with Crippen molar-refractivity contribution in [3.05, 3.63) is 0 Å². The van der Waals surface area contributed by atoms with Gasteiger partial charge in [-0.2, -0.15) is 0 Å².